The molecule has 94 valence electrons. The molecule has 0 unspecified atom stereocenters. The Balaban J connectivity index is 2.50. The fourth-order valence-corrected chi connectivity index (χ4v) is 1.81. The molecule has 0 radical (unpaired) electrons. The topological polar surface area (TPSA) is 83.0 Å². The molecule has 1 heterocycles. The molecule has 0 spiro atoms. The highest BCUT2D eigenvalue weighted by Gasteiger charge is 2.08. The minimum absolute atomic E-state index is 0.113. The molecule has 0 atom stereocenters. The summed E-state index contributed by atoms with van der Waals surface area (Å²) in [5, 5.41) is 9.16. The van der Waals surface area contributed by atoms with Crippen LogP contribution in [0.25, 0.3) is 11.0 Å². The van der Waals surface area contributed by atoms with E-state index in [2.05, 4.69) is 9.97 Å². The standard InChI is InChI=1S/C12H11ClN2O3/c1-6-4-9-10(5-7(6)13)15-12(18)8(14-9)2-3-11(16)17/h4-5H,2-3H2,1H3,(H,15,18)(H,16,17). The Labute approximate surface area is 107 Å². The number of carbonyl (C=O) groups is 1. The number of aromatic nitrogens is 2. The fraction of sp³-hybridized carbons (Fsp3) is 0.250. The van der Waals surface area contributed by atoms with Crippen molar-refractivity contribution in [3.63, 3.8) is 0 Å². The Morgan fingerprint density at radius 1 is 1.50 bits per heavy atom. The van der Waals surface area contributed by atoms with E-state index in [0.717, 1.165) is 5.56 Å². The van der Waals surface area contributed by atoms with E-state index in [1.807, 2.05) is 6.92 Å². The lowest BCUT2D eigenvalue weighted by Gasteiger charge is -2.04. The first-order valence-electron chi connectivity index (χ1n) is 5.38. The highest BCUT2D eigenvalue weighted by atomic mass is 35.5. The number of carboxylic acids is 1. The molecule has 2 aromatic rings. The molecular formula is C12H11ClN2O3. The second kappa shape index (κ2) is 4.78. The van der Waals surface area contributed by atoms with Gasteiger partial charge >= 0.3 is 5.97 Å². The van der Waals surface area contributed by atoms with E-state index in [1.165, 1.54) is 0 Å². The lowest BCUT2D eigenvalue weighted by atomic mass is 10.2. The summed E-state index contributed by atoms with van der Waals surface area (Å²) in [7, 11) is 0. The first kappa shape index (κ1) is 12.6. The minimum atomic E-state index is -0.955. The van der Waals surface area contributed by atoms with Crippen molar-refractivity contribution in [2.45, 2.75) is 19.8 Å². The van der Waals surface area contributed by atoms with Crippen molar-refractivity contribution in [1.82, 2.24) is 9.97 Å². The van der Waals surface area contributed by atoms with Gasteiger partial charge in [0.1, 0.15) is 5.69 Å². The Morgan fingerprint density at radius 3 is 2.89 bits per heavy atom. The summed E-state index contributed by atoms with van der Waals surface area (Å²) in [4.78, 5) is 29.0. The Hall–Kier alpha value is -1.88. The van der Waals surface area contributed by atoms with Gasteiger partial charge in [0.15, 0.2) is 0 Å². The smallest absolute Gasteiger partial charge is 0.303 e. The predicted octanol–water partition coefficient (Wildman–Crippen LogP) is 1.90. The van der Waals surface area contributed by atoms with Crippen LogP contribution in [0.5, 0.6) is 0 Å². The highest BCUT2D eigenvalue weighted by Crippen LogP contribution is 2.20. The Bertz CT molecular complexity index is 679. The van der Waals surface area contributed by atoms with Crippen molar-refractivity contribution < 1.29 is 9.90 Å². The number of aromatic amines is 1. The normalized spacial score (nSPS) is 10.8. The van der Waals surface area contributed by atoms with E-state index in [9.17, 15) is 9.59 Å². The SMILES string of the molecule is Cc1cc2nc(CCC(=O)O)c(=O)[nH]c2cc1Cl. The van der Waals surface area contributed by atoms with Crippen molar-refractivity contribution in [1.29, 1.82) is 0 Å². The summed E-state index contributed by atoms with van der Waals surface area (Å²) in [6.07, 6.45) is -0.00353. The number of aryl methyl sites for hydroxylation is 2. The summed E-state index contributed by atoms with van der Waals surface area (Å²) in [6, 6.07) is 3.40. The zero-order valence-electron chi connectivity index (χ0n) is 9.66. The third-order valence-corrected chi connectivity index (χ3v) is 3.03. The first-order chi connectivity index (χ1) is 8.47. The number of nitrogens with one attached hydrogen (secondary N) is 1. The Kier molecular flexibility index (Phi) is 3.34. The van der Waals surface area contributed by atoms with Gasteiger partial charge in [0.05, 0.1) is 17.5 Å². The van der Waals surface area contributed by atoms with Crippen LogP contribution in [0.15, 0.2) is 16.9 Å². The van der Waals surface area contributed by atoms with E-state index < -0.39 is 5.97 Å². The number of fused-ring (bicyclic) bond motifs is 1. The van der Waals surface area contributed by atoms with Crippen molar-refractivity contribution in [3.8, 4) is 0 Å². The number of carboxylic acid groups (broad SMARTS) is 1. The first-order valence-corrected chi connectivity index (χ1v) is 5.76. The van der Waals surface area contributed by atoms with Crippen LogP contribution < -0.4 is 5.56 Å². The van der Waals surface area contributed by atoms with Crippen LogP contribution in [0.4, 0.5) is 0 Å². The van der Waals surface area contributed by atoms with Gasteiger partial charge in [0.25, 0.3) is 5.56 Å². The molecule has 0 saturated carbocycles. The van der Waals surface area contributed by atoms with Crippen LogP contribution in [-0.2, 0) is 11.2 Å². The van der Waals surface area contributed by atoms with Crippen LogP contribution in [0, 0.1) is 6.92 Å². The van der Waals surface area contributed by atoms with Crippen molar-refractivity contribution in [2.24, 2.45) is 0 Å². The predicted molar refractivity (Wildman–Crippen MR) is 68.1 cm³/mol. The number of aliphatic carboxylic acids is 1. The van der Waals surface area contributed by atoms with Gasteiger partial charge < -0.3 is 10.1 Å². The maximum absolute atomic E-state index is 11.7. The maximum Gasteiger partial charge on any atom is 0.303 e. The number of halogens is 1. The molecule has 6 heteroatoms. The molecule has 0 aliphatic rings. The van der Waals surface area contributed by atoms with E-state index in [4.69, 9.17) is 16.7 Å². The van der Waals surface area contributed by atoms with Gasteiger partial charge in [-0.1, -0.05) is 11.6 Å². The number of rotatable bonds is 3. The Morgan fingerprint density at radius 2 is 2.22 bits per heavy atom. The van der Waals surface area contributed by atoms with Gasteiger partial charge in [-0.15, -0.1) is 0 Å². The molecule has 5 nitrogen and oxygen atoms in total. The molecule has 0 saturated heterocycles. The molecule has 2 N–H and O–H groups in total. The molecule has 18 heavy (non-hydrogen) atoms. The molecule has 1 aromatic carbocycles. The van der Waals surface area contributed by atoms with Crippen LogP contribution in [0.1, 0.15) is 17.7 Å². The van der Waals surface area contributed by atoms with Crippen molar-refractivity contribution in [3.05, 3.63) is 38.8 Å². The molecule has 2 rings (SSSR count). The summed E-state index contributed by atoms with van der Waals surface area (Å²) in [5.74, 6) is -0.955. The molecule has 0 bridgehead atoms. The van der Waals surface area contributed by atoms with E-state index >= 15 is 0 Å². The van der Waals surface area contributed by atoms with Crippen LogP contribution in [0.3, 0.4) is 0 Å². The van der Waals surface area contributed by atoms with Gasteiger partial charge in [-0.3, -0.25) is 9.59 Å². The summed E-state index contributed by atoms with van der Waals surface area (Å²) >= 11 is 5.95. The molecule has 0 aliphatic carbocycles. The second-order valence-electron chi connectivity index (χ2n) is 4.02. The molecular weight excluding hydrogens is 256 g/mol. The average molecular weight is 267 g/mol. The monoisotopic (exact) mass is 266 g/mol. The van der Waals surface area contributed by atoms with Gasteiger partial charge in [0, 0.05) is 11.4 Å². The van der Waals surface area contributed by atoms with Crippen LogP contribution >= 0.6 is 11.6 Å². The zero-order chi connectivity index (χ0) is 13.3. The maximum atomic E-state index is 11.7. The third-order valence-electron chi connectivity index (χ3n) is 2.62. The van der Waals surface area contributed by atoms with Gasteiger partial charge in [-0.25, -0.2) is 4.98 Å². The number of H-pyrrole nitrogens is 1. The van der Waals surface area contributed by atoms with Gasteiger partial charge in [0.2, 0.25) is 0 Å². The van der Waals surface area contributed by atoms with Crippen LogP contribution in [-0.4, -0.2) is 21.0 Å². The highest BCUT2D eigenvalue weighted by molar-refractivity contribution is 6.32. The third kappa shape index (κ3) is 2.51. The number of hydrogen-bond acceptors (Lipinski definition) is 3. The van der Waals surface area contributed by atoms with Gasteiger partial charge in [-0.05, 0) is 24.6 Å². The molecule has 0 aliphatic heterocycles. The van der Waals surface area contributed by atoms with Gasteiger partial charge in [-0.2, -0.15) is 0 Å². The lowest BCUT2D eigenvalue weighted by molar-refractivity contribution is -0.136. The molecule has 1 aromatic heterocycles. The largest absolute Gasteiger partial charge is 0.481 e. The number of hydrogen-bond donors (Lipinski definition) is 2. The molecule has 0 fully saturated rings. The quantitative estimate of drug-likeness (QED) is 0.889. The van der Waals surface area contributed by atoms with Crippen molar-refractivity contribution in [2.75, 3.05) is 0 Å². The fourth-order valence-electron chi connectivity index (χ4n) is 1.64. The molecule has 0 amide bonds. The summed E-state index contributed by atoms with van der Waals surface area (Å²) < 4.78 is 0. The van der Waals surface area contributed by atoms with E-state index in [0.29, 0.717) is 16.1 Å². The second-order valence-corrected chi connectivity index (χ2v) is 4.43. The summed E-state index contributed by atoms with van der Waals surface area (Å²) in [6.45, 7) is 1.84. The van der Waals surface area contributed by atoms with E-state index in [1.54, 1.807) is 12.1 Å². The number of benzene rings is 1. The minimum Gasteiger partial charge on any atom is -0.481 e. The van der Waals surface area contributed by atoms with Crippen LogP contribution in [0.2, 0.25) is 5.02 Å². The summed E-state index contributed by atoms with van der Waals surface area (Å²) in [5.41, 5.74) is 1.87. The average Bonchev–Trinajstić information content (AvgIpc) is 2.29. The van der Waals surface area contributed by atoms with E-state index in [-0.39, 0.29) is 24.1 Å². The van der Waals surface area contributed by atoms with Crippen molar-refractivity contribution >= 4 is 28.6 Å². The number of nitrogens with zero attached hydrogens (tertiary/aromatic N) is 1. The lowest BCUT2D eigenvalue weighted by Crippen LogP contribution is -2.16. The zero-order valence-corrected chi connectivity index (χ0v) is 10.4.